The first-order valence-electron chi connectivity index (χ1n) is 4.47. The molecular weight excluding hydrogens is 162 g/mol. The lowest BCUT2D eigenvalue weighted by Gasteiger charge is -2.01. The fourth-order valence-corrected chi connectivity index (χ4v) is 1.20. The predicted octanol–water partition coefficient (Wildman–Crippen LogP) is 1.21. The van der Waals surface area contributed by atoms with Crippen LogP contribution in [0.4, 0.5) is 0 Å². The third-order valence-electron chi connectivity index (χ3n) is 2.11. The summed E-state index contributed by atoms with van der Waals surface area (Å²) >= 11 is 0. The van der Waals surface area contributed by atoms with Crippen molar-refractivity contribution in [3.05, 3.63) is 29.6 Å². The van der Waals surface area contributed by atoms with Gasteiger partial charge in [-0.2, -0.15) is 5.26 Å². The van der Waals surface area contributed by atoms with Crippen LogP contribution in [0.25, 0.3) is 0 Å². The lowest BCUT2D eigenvalue weighted by atomic mass is 10.2. The average molecular weight is 173 g/mol. The molecule has 0 aromatic carbocycles. The first-order valence-corrected chi connectivity index (χ1v) is 4.47. The average Bonchev–Trinajstić information content (AvgIpc) is 2.99. The molecule has 0 atom stereocenters. The zero-order valence-electron chi connectivity index (χ0n) is 7.33. The molecule has 0 aliphatic heterocycles. The van der Waals surface area contributed by atoms with Gasteiger partial charge in [0.25, 0.3) is 0 Å². The molecule has 13 heavy (non-hydrogen) atoms. The van der Waals surface area contributed by atoms with Crippen molar-refractivity contribution in [3.8, 4) is 6.07 Å². The van der Waals surface area contributed by atoms with E-state index in [4.69, 9.17) is 5.26 Å². The van der Waals surface area contributed by atoms with E-state index < -0.39 is 0 Å². The third-order valence-corrected chi connectivity index (χ3v) is 2.11. The summed E-state index contributed by atoms with van der Waals surface area (Å²) in [5.74, 6) is 0. The van der Waals surface area contributed by atoms with E-state index in [1.165, 1.54) is 12.8 Å². The molecule has 0 amide bonds. The van der Waals surface area contributed by atoms with Gasteiger partial charge >= 0.3 is 0 Å². The van der Waals surface area contributed by atoms with Crippen molar-refractivity contribution in [3.63, 3.8) is 0 Å². The van der Waals surface area contributed by atoms with E-state index in [0.29, 0.717) is 11.7 Å². The Morgan fingerprint density at radius 3 is 3.15 bits per heavy atom. The fraction of sp³-hybridized carbons (Fsp3) is 0.400. The first kappa shape index (κ1) is 8.21. The lowest BCUT2D eigenvalue weighted by Crippen LogP contribution is -2.15. The number of pyridine rings is 1. The van der Waals surface area contributed by atoms with Crippen molar-refractivity contribution in [1.29, 1.82) is 5.26 Å². The quantitative estimate of drug-likeness (QED) is 0.747. The summed E-state index contributed by atoms with van der Waals surface area (Å²) in [5, 5.41) is 12.0. The Balaban J connectivity index is 1.98. The Labute approximate surface area is 77.4 Å². The molecule has 0 saturated heterocycles. The molecule has 1 fully saturated rings. The van der Waals surface area contributed by atoms with Gasteiger partial charge in [0.2, 0.25) is 0 Å². The molecule has 0 radical (unpaired) electrons. The normalized spacial score (nSPS) is 15.3. The summed E-state index contributed by atoms with van der Waals surface area (Å²) < 4.78 is 0. The Hall–Kier alpha value is -1.40. The molecule has 3 heteroatoms. The number of nitriles is 1. The number of nitrogens with zero attached hydrogens (tertiary/aromatic N) is 2. The Kier molecular flexibility index (Phi) is 2.24. The lowest BCUT2D eigenvalue weighted by molar-refractivity contribution is 0.687. The highest BCUT2D eigenvalue weighted by molar-refractivity contribution is 5.25. The topological polar surface area (TPSA) is 48.7 Å². The molecule has 1 saturated carbocycles. The minimum atomic E-state index is 0.495. The molecule has 0 spiro atoms. The number of hydrogen-bond acceptors (Lipinski definition) is 3. The number of nitrogens with one attached hydrogen (secondary N) is 1. The molecule has 1 aromatic heterocycles. The van der Waals surface area contributed by atoms with Crippen LogP contribution in [0.2, 0.25) is 0 Å². The summed E-state index contributed by atoms with van der Waals surface area (Å²) in [4.78, 5) is 3.91. The van der Waals surface area contributed by atoms with Crippen molar-refractivity contribution in [2.75, 3.05) is 0 Å². The van der Waals surface area contributed by atoms with Crippen molar-refractivity contribution in [2.24, 2.45) is 0 Å². The molecule has 1 aliphatic rings. The van der Waals surface area contributed by atoms with E-state index in [1.807, 2.05) is 18.2 Å². The molecule has 66 valence electrons. The SMILES string of the molecule is N#Cc1cc(CNC2CC2)ccn1. The molecule has 0 unspecified atom stereocenters. The van der Waals surface area contributed by atoms with Gasteiger partial charge in [0.05, 0.1) is 0 Å². The van der Waals surface area contributed by atoms with E-state index in [1.54, 1.807) is 6.20 Å². The molecule has 1 aromatic rings. The molecule has 3 nitrogen and oxygen atoms in total. The second-order valence-corrected chi connectivity index (χ2v) is 3.32. The largest absolute Gasteiger partial charge is 0.310 e. The molecule has 1 heterocycles. The van der Waals surface area contributed by atoms with Gasteiger partial charge in [-0.25, -0.2) is 4.98 Å². The van der Waals surface area contributed by atoms with Crippen molar-refractivity contribution in [2.45, 2.75) is 25.4 Å². The van der Waals surface area contributed by atoms with Gasteiger partial charge in [-0.15, -0.1) is 0 Å². The zero-order chi connectivity index (χ0) is 9.10. The van der Waals surface area contributed by atoms with Crippen LogP contribution in [-0.2, 0) is 6.54 Å². The monoisotopic (exact) mass is 173 g/mol. The standard InChI is InChI=1S/C10H11N3/c11-6-10-5-8(3-4-12-10)7-13-9-1-2-9/h3-5,9,13H,1-2,7H2. The van der Waals surface area contributed by atoms with Crippen LogP contribution in [0, 0.1) is 11.3 Å². The molecule has 1 N–H and O–H groups in total. The maximum Gasteiger partial charge on any atom is 0.140 e. The molecular formula is C10H11N3. The number of rotatable bonds is 3. The molecule has 2 rings (SSSR count). The number of hydrogen-bond donors (Lipinski definition) is 1. The molecule has 1 aliphatic carbocycles. The minimum Gasteiger partial charge on any atom is -0.310 e. The van der Waals surface area contributed by atoms with Crippen molar-refractivity contribution in [1.82, 2.24) is 10.3 Å². The van der Waals surface area contributed by atoms with Crippen LogP contribution in [0.15, 0.2) is 18.3 Å². The van der Waals surface area contributed by atoms with Crippen LogP contribution in [0.1, 0.15) is 24.1 Å². The highest BCUT2D eigenvalue weighted by atomic mass is 14.9. The third kappa shape index (κ3) is 2.27. The van der Waals surface area contributed by atoms with Crippen LogP contribution in [0.3, 0.4) is 0 Å². The maximum absolute atomic E-state index is 8.62. The minimum absolute atomic E-state index is 0.495. The van der Waals surface area contributed by atoms with Crippen molar-refractivity contribution < 1.29 is 0 Å². The second kappa shape index (κ2) is 3.55. The van der Waals surface area contributed by atoms with Gasteiger partial charge in [0, 0.05) is 18.8 Å². The van der Waals surface area contributed by atoms with E-state index in [9.17, 15) is 0 Å². The van der Waals surface area contributed by atoms with Gasteiger partial charge in [0.15, 0.2) is 0 Å². The van der Waals surface area contributed by atoms with E-state index in [-0.39, 0.29) is 0 Å². The predicted molar refractivity (Wildman–Crippen MR) is 48.8 cm³/mol. The van der Waals surface area contributed by atoms with Crippen molar-refractivity contribution >= 4 is 0 Å². The van der Waals surface area contributed by atoms with Crippen LogP contribution < -0.4 is 5.32 Å². The van der Waals surface area contributed by atoms with Gasteiger partial charge in [-0.05, 0) is 30.5 Å². The smallest absolute Gasteiger partial charge is 0.140 e. The van der Waals surface area contributed by atoms with E-state index in [2.05, 4.69) is 10.3 Å². The summed E-state index contributed by atoms with van der Waals surface area (Å²) in [6.45, 7) is 0.849. The van der Waals surface area contributed by atoms with Gasteiger partial charge in [0.1, 0.15) is 11.8 Å². The first-order chi connectivity index (χ1) is 6.38. The number of aromatic nitrogens is 1. The van der Waals surface area contributed by atoms with Crippen LogP contribution in [-0.4, -0.2) is 11.0 Å². The summed E-state index contributed by atoms with van der Waals surface area (Å²) in [6.07, 6.45) is 4.26. The van der Waals surface area contributed by atoms with E-state index >= 15 is 0 Å². The Morgan fingerprint density at radius 1 is 1.62 bits per heavy atom. The Bertz CT molecular complexity index is 336. The summed E-state index contributed by atoms with van der Waals surface area (Å²) in [5.41, 5.74) is 1.63. The summed E-state index contributed by atoms with van der Waals surface area (Å²) in [7, 11) is 0. The summed E-state index contributed by atoms with van der Waals surface area (Å²) in [6, 6.07) is 6.51. The van der Waals surface area contributed by atoms with Gasteiger partial charge in [-0.1, -0.05) is 0 Å². The Morgan fingerprint density at radius 2 is 2.46 bits per heavy atom. The fourth-order valence-electron chi connectivity index (χ4n) is 1.20. The second-order valence-electron chi connectivity index (χ2n) is 3.32. The van der Waals surface area contributed by atoms with Crippen LogP contribution >= 0.6 is 0 Å². The molecule has 0 bridgehead atoms. The van der Waals surface area contributed by atoms with Gasteiger partial charge < -0.3 is 5.32 Å². The van der Waals surface area contributed by atoms with Gasteiger partial charge in [-0.3, -0.25) is 0 Å². The zero-order valence-corrected chi connectivity index (χ0v) is 7.33. The highest BCUT2D eigenvalue weighted by Gasteiger charge is 2.19. The highest BCUT2D eigenvalue weighted by Crippen LogP contribution is 2.19. The van der Waals surface area contributed by atoms with E-state index in [0.717, 1.165) is 12.1 Å². The maximum atomic E-state index is 8.62. The van der Waals surface area contributed by atoms with Crippen LogP contribution in [0.5, 0.6) is 0 Å².